The monoisotopic (exact) mass is 670 g/mol. The minimum atomic E-state index is -1.16. The van der Waals surface area contributed by atoms with Crippen LogP contribution in [-0.4, -0.2) is 35.9 Å². The lowest BCUT2D eigenvalue weighted by molar-refractivity contribution is 0.0435. The summed E-state index contributed by atoms with van der Waals surface area (Å²) in [6.07, 6.45) is 0. The molecule has 1 N–H and O–H groups in total. The molecule has 230 valence electrons. The van der Waals surface area contributed by atoms with Crippen LogP contribution in [0.5, 0.6) is 0 Å². The molecule has 1 aliphatic heterocycles. The molecule has 6 rings (SSSR count). The Morgan fingerprint density at radius 2 is 1.41 bits per heavy atom. The van der Waals surface area contributed by atoms with Crippen LogP contribution < -0.4 is 5.06 Å². The topological polar surface area (TPSA) is 88.4 Å². The van der Waals surface area contributed by atoms with Gasteiger partial charge in [-0.15, -0.1) is 0 Å². The number of amides is 1. The largest absolute Gasteiger partial charge is 0.478 e. The lowest BCUT2D eigenvalue weighted by Crippen LogP contribution is -2.45. The summed E-state index contributed by atoms with van der Waals surface area (Å²) in [4.78, 5) is 38.0. The van der Waals surface area contributed by atoms with E-state index < -0.39 is 17.3 Å². The van der Waals surface area contributed by atoms with Crippen molar-refractivity contribution < 1.29 is 24.4 Å². The summed E-state index contributed by atoms with van der Waals surface area (Å²) in [5.74, 6) is -1.76. The normalized spacial score (nSPS) is 15.6. The second kappa shape index (κ2) is 13.4. The van der Waals surface area contributed by atoms with Crippen molar-refractivity contribution in [2.24, 2.45) is 5.16 Å². The molecular formula is C36H25Cl3N2O5. The Morgan fingerprint density at radius 3 is 2.11 bits per heavy atom. The van der Waals surface area contributed by atoms with Gasteiger partial charge in [0.15, 0.2) is 0 Å². The molecule has 5 aromatic carbocycles. The fraction of sp³-hybridized carbons (Fsp3) is 0.0833. The van der Waals surface area contributed by atoms with Crippen molar-refractivity contribution in [2.45, 2.75) is 5.41 Å². The average molecular weight is 672 g/mol. The number of carboxylic acid groups (broad SMARTS) is 1. The van der Waals surface area contributed by atoms with Crippen molar-refractivity contribution in [1.82, 2.24) is 0 Å². The maximum atomic E-state index is 14.0. The highest BCUT2D eigenvalue weighted by atomic mass is 35.5. The molecule has 5 aromatic rings. The van der Waals surface area contributed by atoms with Gasteiger partial charge in [0.1, 0.15) is 17.7 Å². The van der Waals surface area contributed by atoms with Crippen molar-refractivity contribution in [1.29, 1.82) is 0 Å². The van der Waals surface area contributed by atoms with Crippen molar-refractivity contribution >= 4 is 58.1 Å². The molecule has 46 heavy (non-hydrogen) atoms. The number of hydroxylamine groups is 1. The van der Waals surface area contributed by atoms with Gasteiger partial charge >= 0.3 is 5.97 Å². The van der Waals surface area contributed by atoms with Crippen molar-refractivity contribution in [3.8, 4) is 11.1 Å². The van der Waals surface area contributed by atoms with Crippen LogP contribution in [0.2, 0.25) is 15.1 Å². The molecule has 1 aliphatic rings. The van der Waals surface area contributed by atoms with Gasteiger partial charge in [-0.3, -0.25) is 9.63 Å². The lowest BCUT2D eigenvalue weighted by atomic mass is 9.75. The zero-order valence-corrected chi connectivity index (χ0v) is 26.3. The number of oxime groups is 1. The van der Waals surface area contributed by atoms with E-state index in [-0.39, 0.29) is 35.1 Å². The molecular weight excluding hydrogens is 647 g/mol. The summed E-state index contributed by atoms with van der Waals surface area (Å²) in [5.41, 5.74) is 2.91. The van der Waals surface area contributed by atoms with Crippen LogP contribution in [0.1, 0.15) is 31.8 Å². The van der Waals surface area contributed by atoms with Gasteiger partial charge < -0.3 is 9.94 Å². The van der Waals surface area contributed by atoms with Gasteiger partial charge in [0.2, 0.25) is 0 Å². The van der Waals surface area contributed by atoms with Crippen LogP contribution in [-0.2, 0) is 15.1 Å². The number of rotatable bonds is 9. The molecule has 0 fully saturated rings. The van der Waals surface area contributed by atoms with E-state index in [1.807, 2.05) is 54.6 Å². The zero-order chi connectivity index (χ0) is 32.3. The Balaban J connectivity index is 1.46. The lowest BCUT2D eigenvalue weighted by Gasteiger charge is -2.32. The van der Waals surface area contributed by atoms with Crippen LogP contribution in [0.15, 0.2) is 126 Å². The van der Waals surface area contributed by atoms with Gasteiger partial charge in [-0.1, -0.05) is 119 Å². The number of aromatic carboxylic acids is 1. The second-order valence-corrected chi connectivity index (χ2v) is 11.8. The van der Waals surface area contributed by atoms with Crippen LogP contribution in [0.4, 0.5) is 5.69 Å². The van der Waals surface area contributed by atoms with Crippen LogP contribution in [0.3, 0.4) is 0 Å². The number of carbonyl (C=O) groups excluding carboxylic acids is 1. The van der Waals surface area contributed by atoms with E-state index in [0.29, 0.717) is 21.3 Å². The molecule has 0 bridgehead atoms. The fourth-order valence-electron chi connectivity index (χ4n) is 5.33. The second-order valence-electron chi connectivity index (χ2n) is 10.5. The van der Waals surface area contributed by atoms with E-state index in [0.717, 1.165) is 21.8 Å². The number of nitrogens with zero attached hydrogens (tertiary/aromatic N) is 2. The van der Waals surface area contributed by atoms with Gasteiger partial charge in [-0.05, 0) is 59.2 Å². The van der Waals surface area contributed by atoms with Crippen molar-refractivity contribution in [2.75, 3.05) is 18.3 Å². The van der Waals surface area contributed by atoms with Crippen LogP contribution in [0.25, 0.3) is 11.1 Å². The standard InChI is InChI=1S/C36H25Cl3N2O5/c37-29-13-5-4-12-28(29)34(42)41(27-11-6-10-25(20-27)35(43)44)46-22-36(21-45-40-33(36)32-30(38)14-7-15-31(32)39)26-18-16-24(17-19-26)23-8-2-1-3-9-23/h1-20H,21-22H2,(H,43,44). The van der Waals surface area contributed by atoms with Crippen LogP contribution in [0, 0.1) is 0 Å². The predicted octanol–water partition coefficient (Wildman–Crippen LogP) is 8.96. The minimum Gasteiger partial charge on any atom is -0.478 e. The first kappa shape index (κ1) is 31.3. The molecule has 0 radical (unpaired) electrons. The number of hydrogen-bond donors (Lipinski definition) is 1. The minimum absolute atomic E-state index is 0.0291. The maximum Gasteiger partial charge on any atom is 0.335 e. The Morgan fingerprint density at radius 1 is 0.783 bits per heavy atom. The fourth-order valence-corrected chi connectivity index (χ4v) is 6.12. The third-order valence-electron chi connectivity index (χ3n) is 7.72. The number of benzene rings is 5. The van der Waals surface area contributed by atoms with Crippen molar-refractivity contribution in [3.63, 3.8) is 0 Å². The van der Waals surface area contributed by atoms with Gasteiger partial charge in [-0.25, -0.2) is 4.79 Å². The quantitative estimate of drug-likeness (QED) is 0.158. The molecule has 10 heteroatoms. The summed E-state index contributed by atoms with van der Waals surface area (Å²) in [5, 5.41) is 16.1. The average Bonchev–Trinajstić information content (AvgIpc) is 3.49. The van der Waals surface area contributed by atoms with Gasteiger partial charge in [0.25, 0.3) is 5.91 Å². The maximum absolute atomic E-state index is 14.0. The Kier molecular flexibility index (Phi) is 9.10. The van der Waals surface area contributed by atoms with E-state index in [1.165, 1.54) is 18.2 Å². The first-order valence-corrected chi connectivity index (χ1v) is 15.3. The Hall–Kier alpha value is -4.66. The summed E-state index contributed by atoms with van der Waals surface area (Å²) in [7, 11) is 0. The van der Waals surface area contributed by atoms with E-state index in [1.54, 1.807) is 48.5 Å². The van der Waals surface area contributed by atoms with Gasteiger partial charge in [0.05, 0.1) is 38.5 Å². The smallest absolute Gasteiger partial charge is 0.335 e. The number of hydrogen-bond acceptors (Lipinski definition) is 5. The first-order chi connectivity index (χ1) is 22.3. The van der Waals surface area contributed by atoms with E-state index in [2.05, 4.69) is 5.16 Å². The number of halogens is 3. The number of carbonyl (C=O) groups is 2. The predicted molar refractivity (Wildman–Crippen MR) is 180 cm³/mol. The summed E-state index contributed by atoms with van der Waals surface area (Å²) >= 11 is 19.8. The van der Waals surface area contributed by atoms with Gasteiger partial charge in [-0.2, -0.15) is 5.06 Å². The molecule has 1 atom stereocenters. The third kappa shape index (κ3) is 6.10. The summed E-state index contributed by atoms with van der Waals surface area (Å²) in [6.45, 7) is -0.135. The molecule has 7 nitrogen and oxygen atoms in total. The highest BCUT2D eigenvalue weighted by Gasteiger charge is 2.47. The SMILES string of the molecule is O=C(O)c1cccc(N(OCC2(c3ccc(-c4ccccc4)cc3)CON=C2c2c(Cl)cccc2Cl)C(=O)c2ccccc2Cl)c1. The molecule has 0 aliphatic carbocycles. The Labute approximate surface area is 280 Å². The summed E-state index contributed by atoms with van der Waals surface area (Å²) < 4.78 is 0. The van der Waals surface area contributed by atoms with E-state index in [9.17, 15) is 14.7 Å². The highest BCUT2D eigenvalue weighted by molar-refractivity contribution is 6.41. The summed E-state index contributed by atoms with van der Waals surface area (Å²) in [6, 6.07) is 35.4. The molecule has 1 heterocycles. The third-order valence-corrected chi connectivity index (χ3v) is 8.68. The molecule has 0 saturated heterocycles. The number of anilines is 1. The molecule has 0 spiro atoms. The zero-order valence-electron chi connectivity index (χ0n) is 24.1. The van der Waals surface area contributed by atoms with E-state index in [4.69, 9.17) is 44.5 Å². The number of carboxylic acids is 1. The van der Waals surface area contributed by atoms with Gasteiger partial charge in [0, 0.05) is 5.56 Å². The van der Waals surface area contributed by atoms with Crippen LogP contribution >= 0.6 is 34.8 Å². The van der Waals surface area contributed by atoms with Crippen molar-refractivity contribution in [3.05, 3.63) is 159 Å². The highest BCUT2D eigenvalue weighted by Crippen LogP contribution is 2.40. The van der Waals surface area contributed by atoms with E-state index >= 15 is 0 Å². The molecule has 0 aromatic heterocycles. The Bertz CT molecular complexity index is 1930. The molecule has 0 saturated carbocycles. The molecule has 1 amide bonds. The molecule has 1 unspecified atom stereocenters. The first-order valence-electron chi connectivity index (χ1n) is 14.1.